The minimum atomic E-state index is -5.11. The van der Waals surface area contributed by atoms with Gasteiger partial charge in [-0.05, 0) is 6.92 Å². The summed E-state index contributed by atoms with van der Waals surface area (Å²) in [4.78, 5) is 21.1. The van der Waals surface area contributed by atoms with Crippen LogP contribution in [-0.2, 0) is 19.1 Å². The summed E-state index contributed by atoms with van der Waals surface area (Å²) in [6, 6.07) is 0. The Morgan fingerprint density at radius 2 is 1.73 bits per heavy atom. The van der Waals surface area contributed by atoms with Gasteiger partial charge in [0.15, 0.2) is 0 Å². The van der Waals surface area contributed by atoms with E-state index in [1.54, 1.807) is 0 Å². The van der Waals surface area contributed by atoms with Gasteiger partial charge in [0.25, 0.3) is 0 Å². The number of carbonyl (C=O) groups excluding carboxylic acids is 2. The molecule has 0 N–H and O–H groups in total. The maximum atomic E-state index is 11.7. The highest BCUT2D eigenvalue weighted by Gasteiger charge is 2.42. The third-order valence-corrected chi connectivity index (χ3v) is 1.13. The van der Waals surface area contributed by atoms with Crippen LogP contribution in [0.4, 0.5) is 13.2 Å². The van der Waals surface area contributed by atoms with Gasteiger partial charge in [-0.15, -0.1) is 0 Å². The Morgan fingerprint density at radius 3 is 2.07 bits per heavy atom. The minimum Gasteiger partial charge on any atom is -0.422 e. The lowest BCUT2D eigenvalue weighted by atomic mass is 10.4. The van der Waals surface area contributed by atoms with Crippen LogP contribution in [0.5, 0.6) is 0 Å². The van der Waals surface area contributed by atoms with Gasteiger partial charge in [-0.3, -0.25) is 0 Å². The van der Waals surface area contributed by atoms with Gasteiger partial charge < -0.3 is 9.47 Å². The van der Waals surface area contributed by atoms with E-state index in [2.05, 4.69) is 16.1 Å². The molecule has 0 heterocycles. The molecule has 15 heavy (non-hydrogen) atoms. The lowest BCUT2D eigenvalue weighted by molar-refractivity contribution is -0.221. The largest absolute Gasteiger partial charge is 0.491 e. The lowest BCUT2D eigenvalue weighted by Crippen LogP contribution is -2.31. The first-order valence-corrected chi connectivity index (χ1v) is 3.79. The monoisotopic (exact) mass is 226 g/mol. The van der Waals surface area contributed by atoms with Gasteiger partial charge in [-0.1, -0.05) is 6.58 Å². The van der Waals surface area contributed by atoms with Crippen molar-refractivity contribution in [3.05, 3.63) is 12.2 Å². The number of ether oxygens (including phenoxy) is 2. The highest BCUT2D eigenvalue weighted by atomic mass is 19.4. The van der Waals surface area contributed by atoms with Crippen LogP contribution in [0.1, 0.15) is 13.8 Å². The molecule has 0 fully saturated rings. The van der Waals surface area contributed by atoms with Gasteiger partial charge in [0, 0.05) is 12.5 Å². The maximum Gasteiger partial charge on any atom is 0.491 e. The van der Waals surface area contributed by atoms with Crippen molar-refractivity contribution >= 4 is 11.9 Å². The van der Waals surface area contributed by atoms with E-state index in [9.17, 15) is 22.8 Å². The molecule has 7 heteroatoms. The van der Waals surface area contributed by atoms with E-state index in [1.807, 2.05) is 0 Å². The molecule has 0 aliphatic carbocycles. The standard InChI is InChI=1S/C8H9F3O4/c1-4(2)6(12)14-5(3)15-7(13)8(9,10)11/h5H,1H2,2-3H3. The van der Waals surface area contributed by atoms with Gasteiger partial charge in [0.1, 0.15) is 0 Å². The van der Waals surface area contributed by atoms with Crippen molar-refractivity contribution in [2.24, 2.45) is 0 Å². The zero-order chi connectivity index (χ0) is 12.2. The van der Waals surface area contributed by atoms with Crippen molar-refractivity contribution in [3.8, 4) is 0 Å². The molecule has 1 unspecified atom stereocenters. The van der Waals surface area contributed by atoms with Crippen molar-refractivity contribution < 1.29 is 32.2 Å². The molecule has 0 aromatic carbocycles. The summed E-state index contributed by atoms with van der Waals surface area (Å²) in [7, 11) is 0. The first kappa shape index (κ1) is 13.5. The number of carbonyl (C=O) groups is 2. The fourth-order valence-electron chi connectivity index (χ4n) is 0.493. The molecule has 0 aliphatic heterocycles. The average molecular weight is 226 g/mol. The molecule has 0 rings (SSSR count). The molecule has 86 valence electrons. The maximum absolute atomic E-state index is 11.7. The second-order valence-corrected chi connectivity index (χ2v) is 2.66. The van der Waals surface area contributed by atoms with E-state index >= 15 is 0 Å². The number of alkyl halides is 3. The number of halogens is 3. The first-order chi connectivity index (χ1) is 6.64. The fourth-order valence-corrected chi connectivity index (χ4v) is 0.493. The van der Waals surface area contributed by atoms with E-state index in [0.29, 0.717) is 0 Å². The third kappa shape index (κ3) is 5.04. The predicted molar refractivity (Wildman–Crippen MR) is 42.5 cm³/mol. The predicted octanol–water partition coefficient (Wildman–Crippen LogP) is 1.56. The SMILES string of the molecule is C=C(C)C(=O)OC(C)OC(=O)C(F)(F)F. The summed E-state index contributed by atoms with van der Waals surface area (Å²) in [5, 5.41) is 0. The normalized spacial score (nSPS) is 12.9. The summed E-state index contributed by atoms with van der Waals surface area (Å²) in [6.45, 7) is 5.50. The van der Waals surface area contributed by atoms with Crippen molar-refractivity contribution in [2.45, 2.75) is 26.3 Å². The summed E-state index contributed by atoms with van der Waals surface area (Å²) in [5.41, 5.74) is -0.00934. The summed E-state index contributed by atoms with van der Waals surface area (Å²) >= 11 is 0. The molecule has 1 atom stereocenters. The molecular weight excluding hydrogens is 217 g/mol. The topological polar surface area (TPSA) is 52.6 Å². The molecule has 4 nitrogen and oxygen atoms in total. The third-order valence-electron chi connectivity index (χ3n) is 1.13. The number of hydrogen-bond donors (Lipinski definition) is 0. The lowest BCUT2D eigenvalue weighted by Gasteiger charge is -2.14. The zero-order valence-electron chi connectivity index (χ0n) is 8.05. The Hall–Kier alpha value is -1.53. The van der Waals surface area contributed by atoms with Crippen molar-refractivity contribution in [3.63, 3.8) is 0 Å². The fraction of sp³-hybridized carbons (Fsp3) is 0.500. The summed E-state index contributed by atoms with van der Waals surface area (Å²) in [6.07, 6.45) is -6.72. The average Bonchev–Trinajstić information content (AvgIpc) is 2.01. The molecule has 0 saturated heterocycles. The number of esters is 2. The molecule has 0 spiro atoms. The van der Waals surface area contributed by atoms with Crippen LogP contribution >= 0.6 is 0 Å². The molecular formula is C8H9F3O4. The Morgan fingerprint density at radius 1 is 1.27 bits per heavy atom. The summed E-state index contributed by atoms with van der Waals surface area (Å²) < 4.78 is 43.1. The molecule has 0 aromatic heterocycles. The summed E-state index contributed by atoms with van der Waals surface area (Å²) in [5.74, 6) is -3.35. The van der Waals surface area contributed by atoms with E-state index in [1.165, 1.54) is 6.92 Å². The molecule has 0 radical (unpaired) electrons. The molecule has 0 saturated carbocycles. The number of rotatable bonds is 3. The van der Waals surface area contributed by atoms with Gasteiger partial charge in [0.2, 0.25) is 6.29 Å². The van der Waals surface area contributed by atoms with E-state index in [0.717, 1.165) is 6.92 Å². The van der Waals surface area contributed by atoms with E-state index in [4.69, 9.17) is 0 Å². The quantitative estimate of drug-likeness (QED) is 0.416. The smallest absolute Gasteiger partial charge is 0.422 e. The van der Waals surface area contributed by atoms with Crippen LogP contribution in [0.25, 0.3) is 0 Å². The molecule has 0 aliphatic rings. The van der Waals surface area contributed by atoms with Gasteiger partial charge in [-0.2, -0.15) is 13.2 Å². The molecule has 0 amide bonds. The molecule has 0 aromatic rings. The minimum absolute atomic E-state index is 0.00934. The van der Waals surface area contributed by atoms with Crippen LogP contribution in [0.2, 0.25) is 0 Å². The molecule has 0 bridgehead atoms. The van der Waals surface area contributed by atoms with Crippen molar-refractivity contribution in [2.75, 3.05) is 0 Å². The van der Waals surface area contributed by atoms with Gasteiger partial charge in [-0.25, -0.2) is 9.59 Å². The Balaban J connectivity index is 4.16. The van der Waals surface area contributed by atoms with Crippen LogP contribution in [0.3, 0.4) is 0 Å². The van der Waals surface area contributed by atoms with Crippen LogP contribution < -0.4 is 0 Å². The van der Waals surface area contributed by atoms with Gasteiger partial charge >= 0.3 is 18.1 Å². The van der Waals surface area contributed by atoms with E-state index in [-0.39, 0.29) is 5.57 Å². The Bertz CT molecular complexity index is 282. The van der Waals surface area contributed by atoms with Crippen molar-refractivity contribution in [1.29, 1.82) is 0 Å². The first-order valence-electron chi connectivity index (χ1n) is 3.79. The number of hydrogen-bond acceptors (Lipinski definition) is 4. The van der Waals surface area contributed by atoms with Crippen LogP contribution in [0.15, 0.2) is 12.2 Å². The van der Waals surface area contributed by atoms with Gasteiger partial charge in [0.05, 0.1) is 0 Å². The van der Waals surface area contributed by atoms with Crippen molar-refractivity contribution in [1.82, 2.24) is 0 Å². The highest BCUT2D eigenvalue weighted by molar-refractivity contribution is 5.87. The van der Waals surface area contributed by atoms with Crippen LogP contribution in [-0.4, -0.2) is 24.4 Å². The zero-order valence-corrected chi connectivity index (χ0v) is 8.05. The Labute approximate surface area is 83.7 Å². The Kier molecular flexibility index (Phi) is 4.32. The second-order valence-electron chi connectivity index (χ2n) is 2.66. The highest BCUT2D eigenvalue weighted by Crippen LogP contribution is 2.17. The second kappa shape index (κ2) is 4.81. The van der Waals surface area contributed by atoms with E-state index < -0.39 is 24.4 Å². The van der Waals surface area contributed by atoms with Crippen LogP contribution in [0, 0.1) is 0 Å².